The molecule has 1 saturated heterocycles. The third kappa shape index (κ3) is 4.04. The molecule has 1 heterocycles. The van der Waals surface area contributed by atoms with Gasteiger partial charge in [0, 0.05) is 18.1 Å². The first-order chi connectivity index (χ1) is 9.99. The second-order valence-corrected chi connectivity index (χ2v) is 6.16. The van der Waals surface area contributed by atoms with E-state index in [0.29, 0.717) is 19.5 Å². The number of carboxylic acids is 1. The zero-order chi connectivity index (χ0) is 15.4. The first-order valence-corrected chi connectivity index (χ1v) is 7.72. The standard InChI is InChI=1S/C15H19BrN2O3/c1-17(9-11-5-2-3-6-12(11)16)14(19)10-18-8-4-7-13(18)15(20)21/h2-3,5-6,13H,4,7-10H2,1H3,(H,20,21)/t13-/m0/s1. The molecule has 0 saturated carbocycles. The number of halogens is 1. The van der Waals surface area contributed by atoms with Crippen molar-refractivity contribution in [1.29, 1.82) is 0 Å². The molecule has 1 aliphatic rings. The van der Waals surface area contributed by atoms with E-state index in [-0.39, 0.29) is 12.5 Å². The summed E-state index contributed by atoms with van der Waals surface area (Å²) in [5.74, 6) is -0.896. The van der Waals surface area contributed by atoms with Crippen LogP contribution in [0.4, 0.5) is 0 Å². The van der Waals surface area contributed by atoms with Gasteiger partial charge in [-0.2, -0.15) is 0 Å². The third-order valence-electron chi connectivity index (χ3n) is 3.78. The third-order valence-corrected chi connectivity index (χ3v) is 4.55. The van der Waals surface area contributed by atoms with Gasteiger partial charge in [-0.1, -0.05) is 34.1 Å². The molecule has 0 bridgehead atoms. The fraction of sp³-hybridized carbons (Fsp3) is 0.467. The summed E-state index contributed by atoms with van der Waals surface area (Å²) in [6.45, 7) is 1.34. The minimum Gasteiger partial charge on any atom is -0.480 e. The Morgan fingerprint density at radius 3 is 2.81 bits per heavy atom. The van der Waals surface area contributed by atoms with E-state index in [0.717, 1.165) is 16.5 Å². The lowest BCUT2D eigenvalue weighted by atomic mass is 10.2. The Kier molecular flexibility index (Phi) is 5.36. The Balaban J connectivity index is 1.94. The van der Waals surface area contributed by atoms with Crippen molar-refractivity contribution in [1.82, 2.24) is 9.80 Å². The molecule has 0 aliphatic carbocycles. The van der Waals surface area contributed by atoms with Crippen LogP contribution < -0.4 is 0 Å². The summed E-state index contributed by atoms with van der Waals surface area (Å²) in [5.41, 5.74) is 1.03. The first kappa shape index (κ1) is 16.0. The molecular formula is C15H19BrN2O3. The van der Waals surface area contributed by atoms with Gasteiger partial charge in [-0.15, -0.1) is 0 Å². The van der Waals surface area contributed by atoms with Gasteiger partial charge < -0.3 is 10.0 Å². The maximum atomic E-state index is 12.3. The Morgan fingerprint density at radius 2 is 2.14 bits per heavy atom. The zero-order valence-corrected chi connectivity index (χ0v) is 13.5. The number of carbonyl (C=O) groups is 2. The van der Waals surface area contributed by atoms with E-state index in [9.17, 15) is 9.59 Å². The molecule has 114 valence electrons. The molecule has 6 heteroatoms. The highest BCUT2D eigenvalue weighted by molar-refractivity contribution is 9.10. The molecule has 1 aromatic rings. The van der Waals surface area contributed by atoms with Gasteiger partial charge in [-0.3, -0.25) is 14.5 Å². The Hall–Kier alpha value is -1.40. The van der Waals surface area contributed by atoms with E-state index in [1.54, 1.807) is 16.8 Å². The number of likely N-dealkylation sites (tertiary alicyclic amines) is 1. The number of nitrogens with zero attached hydrogens (tertiary/aromatic N) is 2. The molecule has 1 amide bonds. The predicted molar refractivity (Wildman–Crippen MR) is 82.8 cm³/mol. The zero-order valence-electron chi connectivity index (χ0n) is 12.0. The molecule has 21 heavy (non-hydrogen) atoms. The molecule has 0 unspecified atom stereocenters. The minimum absolute atomic E-state index is 0.0566. The average Bonchev–Trinajstić information content (AvgIpc) is 2.89. The van der Waals surface area contributed by atoms with Gasteiger partial charge in [0.15, 0.2) is 0 Å². The van der Waals surface area contributed by atoms with Gasteiger partial charge in [-0.05, 0) is 31.0 Å². The topological polar surface area (TPSA) is 60.9 Å². The molecule has 1 fully saturated rings. The van der Waals surface area contributed by atoms with E-state index in [4.69, 9.17) is 5.11 Å². The second-order valence-electron chi connectivity index (χ2n) is 5.31. The Bertz CT molecular complexity index is 535. The summed E-state index contributed by atoms with van der Waals surface area (Å²) in [4.78, 5) is 26.8. The summed E-state index contributed by atoms with van der Waals surface area (Å²) >= 11 is 3.46. The SMILES string of the molecule is CN(Cc1ccccc1Br)C(=O)CN1CCC[C@H]1C(=O)O. The van der Waals surface area contributed by atoms with Gasteiger partial charge in [0.1, 0.15) is 6.04 Å². The van der Waals surface area contributed by atoms with Crippen LogP contribution in [0.5, 0.6) is 0 Å². The molecule has 0 aromatic heterocycles. The van der Waals surface area contributed by atoms with Crippen LogP contribution in [0.2, 0.25) is 0 Å². The fourth-order valence-electron chi connectivity index (χ4n) is 2.56. The number of benzene rings is 1. The van der Waals surface area contributed by atoms with Crippen molar-refractivity contribution in [2.75, 3.05) is 20.1 Å². The Labute approximate surface area is 132 Å². The number of carbonyl (C=O) groups excluding carboxylic acids is 1. The van der Waals surface area contributed by atoms with Crippen LogP contribution in [-0.2, 0) is 16.1 Å². The van der Waals surface area contributed by atoms with E-state index in [1.807, 2.05) is 24.3 Å². The number of likely N-dealkylation sites (N-methyl/N-ethyl adjacent to an activating group) is 1. The van der Waals surface area contributed by atoms with Crippen LogP contribution >= 0.6 is 15.9 Å². The maximum Gasteiger partial charge on any atom is 0.320 e. The largest absolute Gasteiger partial charge is 0.480 e. The molecule has 1 N–H and O–H groups in total. The monoisotopic (exact) mass is 354 g/mol. The highest BCUT2D eigenvalue weighted by Crippen LogP contribution is 2.19. The van der Waals surface area contributed by atoms with Crippen molar-refractivity contribution >= 4 is 27.8 Å². The summed E-state index contributed by atoms with van der Waals surface area (Å²) in [6, 6.07) is 7.24. The van der Waals surface area contributed by atoms with Crippen LogP contribution in [0, 0.1) is 0 Å². The smallest absolute Gasteiger partial charge is 0.320 e. The van der Waals surface area contributed by atoms with Crippen LogP contribution in [-0.4, -0.2) is 53.0 Å². The molecule has 2 rings (SSSR count). The quantitative estimate of drug-likeness (QED) is 0.877. The highest BCUT2D eigenvalue weighted by Gasteiger charge is 2.32. The van der Waals surface area contributed by atoms with Gasteiger partial charge >= 0.3 is 5.97 Å². The molecule has 1 aromatic carbocycles. The first-order valence-electron chi connectivity index (χ1n) is 6.93. The predicted octanol–water partition coefficient (Wildman–Crippen LogP) is 1.96. The number of amides is 1. The van der Waals surface area contributed by atoms with Crippen LogP contribution in [0.15, 0.2) is 28.7 Å². The Morgan fingerprint density at radius 1 is 1.43 bits per heavy atom. The van der Waals surface area contributed by atoms with Crippen LogP contribution in [0.1, 0.15) is 18.4 Å². The lowest BCUT2D eigenvalue weighted by molar-refractivity contribution is -0.143. The van der Waals surface area contributed by atoms with Gasteiger partial charge in [0.2, 0.25) is 5.91 Å². The van der Waals surface area contributed by atoms with Crippen molar-refractivity contribution in [2.24, 2.45) is 0 Å². The van der Waals surface area contributed by atoms with Gasteiger partial charge in [0.05, 0.1) is 6.54 Å². The van der Waals surface area contributed by atoms with Gasteiger partial charge in [0.25, 0.3) is 0 Å². The summed E-state index contributed by atoms with van der Waals surface area (Å²) in [5, 5.41) is 9.13. The molecule has 0 radical (unpaired) electrons. The van der Waals surface area contributed by atoms with Crippen LogP contribution in [0.25, 0.3) is 0 Å². The number of carboxylic acid groups (broad SMARTS) is 1. The molecule has 1 atom stereocenters. The highest BCUT2D eigenvalue weighted by atomic mass is 79.9. The van der Waals surface area contributed by atoms with Crippen molar-refractivity contribution in [3.8, 4) is 0 Å². The van der Waals surface area contributed by atoms with E-state index in [2.05, 4.69) is 15.9 Å². The van der Waals surface area contributed by atoms with Gasteiger partial charge in [-0.25, -0.2) is 0 Å². The molecule has 1 aliphatic heterocycles. The molecular weight excluding hydrogens is 336 g/mol. The number of hydrogen-bond acceptors (Lipinski definition) is 3. The molecule has 5 nitrogen and oxygen atoms in total. The summed E-state index contributed by atoms with van der Waals surface area (Å²) in [6.07, 6.45) is 1.45. The van der Waals surface area contributed by atoms with E-state index < -0.39 is 12.0 Å². The van der Waals surface area contributed by atoms with Crippen molar-refractivity contribution < 1.29 is 14.7 Å². The lowest BCUT2D eigenvalue weighted by Crippen LogP contribution is -2.43. The maximum absolute atomic E-state index is 12.3. The number of aliphatic carboxylic acids is 1. The van der Waals surface area contributed by atoms with Crippen molar-refractivity contribution in [3.63, 3.8) is 0 Å². The normalized spacial score (nSPS) is 18.7. The van der Waals surface area contributed by atoms with E-state index in [1.165, 1.54) is 0 Å². The van der Waals surface area contributed by atoms with Crippen LogP contribution in [0.3, 0.4) is 0 Å². The average molecular weight is 355 g/mol. The van der Waals surface area contributed by atoms with E-state index >= 15 is 0 Å². The number of rotatable bonds is 5. The minimum atomic E-state index is -0.839. The van der Waals surface area contributed by atoms with Crippen molar-refractivity contribution in [2.45, 2.75) is 25.4 Å². The van der Waals surface area contributed by atoms with Crippen molar-refractivity contribution in [3.05, 3.63) is 34.3 Å². The summed E-state index contributed by atoms with van der Waals surface area (Å²) in [7, 11) is 1.74. The fourth-order valence-corrected chi connectivity index (χ4v) is 2.97. The lowest BCUT2D eigenvalue weighted by Gasteiger charge is -2.24. The summed E-state index contributed by atoms with van der Waals surface area (Å²) < 4.78 is 0.967. The molecule has 0 spiro atoms. The number of hydrogen-bond donors (Lipinski definition) is 1. The second kappa shape index (κ2) is 7.04.